The Morgan fingerprint density at radius 2 is 2.20 bits per heavy atom. The van der Waals surface area contributed by atoms with Crippen molar-refractivity contribution in [2.75, 3.05) is 12.4 Å². The molecule has 2 aromatic rings. The molecule has 0 saturated heterocycles. The van der Waals surface area contributed by atoms with Crippen LogP contribution in [-0.4, -0.2) is 21.9 Å². The Balaban J connectivity index is 2.16. The Labute approximate surface area is 119 Å². The third-order valence-electron chi connectivity index (χ3n) is 2.47. The monoisotopic (exact) mass is 294 g/mol. The van der Waals surface area contributed by atoms with Crippen molar-refractivity contribution in [2.24, 2.45) is 0 Å². The molecule has 0 atom stereocenters. The molecule has 0 fully saturated rings. The van der Waals surface area contributed by atoms with Gasteiger partial charge in [0.1, 0.15) is 12.4 Å². The normalized spacial score (nSPS) is 10.1. The molecule has 0 bridgehead atoms. The van der Waals surface area contributed by atoms with Gasteiger partial charge in [-0.1, -0.05) is 17.7 Å². The smallest absolute Gasteiger partial charge is 0.312 e. The molecule has 20 heavy (non-hydrogen) atoms. The molecule has 1 N–H and O–H groups in total. The number of benzene rings is 1. The number of hydrogen-bond donors (Lipinski definition) is 1. The zero-order valence-corrected chi connectivity index (χ0v) is 11.3. The molecule has 1 aromatic carbocycles. The first-order valence-electron chi connectivity index (χ1n) is 5.66. The molecule has 0 saturated carbocycles. The van der Waals surface area contributed by atoms with Gasteiger partial charge in [-0.2, -0.15) is 0 Å². The molecule has 104 valence electrons. The van der Waals surface area contributed by atoms with Gasteiger partial charge < -0.3 is 10.1 Å². The summed E-state index contributed by atoms with van der Waals surface area (Å²) in [5.74, 6) is 0.649. The first-order valence-corrected chi connectivity index (χ1v) is 6.04. The average Bonchev–Trinajstić information content (AvgIpc) is 2.46. The minimum absolute atomic E-state index is 0.0265. The second kappa shape index (κ2) is 6.16. The molecule has 1 aromatic heterocycles. The Bertz CT molecular complexity index is 619. The van der Waals surface area contributed by atoms with Crippen LogP contribution < -0.4 is 10.1 Å². The van der Waals surface area contributed by atoms with Crippen LogP contribution in [0.2, 0.25) is 5.02 Å². The summed E-state index contributed by atoms with van der Waals surface area (Å²) in [7, 11) is 1.73. The Hall–Kier alpha value is -2.41. The van der Waals surface area contributed by atoms with Gasteiger partial charge >= 0.3 is 5.69 Å². The number of ether oxygens (including phenoxy) is 1. The molecular weight excluding hydrogens is 284 g/mol. The Morgan fingerprint density at radius 3 is 2.80 bits per heavy atom. The minimum atomic E-state index is -0.545. The lowest BCUT2D eigenvalue weighted by molar-refractivity contribution is -0.385. The van der Waals surface area contributed by atoms with Crippen molar-refractivity contribution in [3.8, 4) is 5.75 Å². The number of nitrogens with one attached hydrogen (secondary N) is 1. The van der Waals surface area contributed by atoms with Gasteiger partial charge in [-0.05, 0) is 6.07 Å². The predicted molar refractivity (Wildman–Crippen MR) is 74.0 cm³/mol. The van der Waals surface area contributed by atoms with Gasteiger partial charge in [0.2, 0.25) is 5.75 Å². The number of hydrogen-bond acceptors (Lipinski definition) is 6. The van der Waals surface area contributed by atoms with Crippen molar-refractivity contribution in [1.82, 2.24) is 9.97 Å². The Kier molecular flexibility index (Phi) is 4.31. The topological polar surface area (TPSA) is 90.2 Å². The van der Waals surface area contributed by atoms with Crippen LogP contribution in [0.15, 0.2) is 30.6 Å². The summed E-state index contributed by atoms with van der Waals surface area (Å²) in [4.78, 5) is 18.5. The van der Waals surface area contributed by atoms with E-state index in [1.807, 2.05) is 0 Å². The molecular formula is C12H11ClN4O3. The SMILES string of the molecule is CNc1cnc(COc2c(Cl)cccc2[N+](=O)[O-])cn1. The molecule has 0 spiro atoms. The van der Waals surface area contributed by atoms with Crippen LogP contribution in [0.5, 0.6) is 5.75 Å². The number of anilines is 1. The second-order valence-corrected chi connectivity index (χ2v) is 4.18. The van der Waals surface area contributed by atoms with Crippen molar-refractivity contribution in [3.63, 3.8) is 0 Å². The molecule has 0 unspecified atom stereocenters. The maximum absolute atomic E-state index is 10.9. The fourth-order valence-corrected chi connectivity index (χ4v) is 1.71. The lowest BCUT2D eigenvalue weighted by Crippen LogP contribution is -2.03. The summed E-state index contributed by atoms with van der Waals surface area (Å²) in [6.45, 7) is 0.0432. The maximum Gasteiger partial charge on any atom is 0.312 e. The number of nitro groups is 1. The largest absolute Gasteiger partial charge is 0.479 e. The molecule has 2 rings (SSSR count). The average molecular weight is 295 g/mol. The predicted octanol–water partition coefficient (Wildman–Crippen LogP) is 2.66. The van der Waals surface area contributed by atoms with E-state index in [-0.39, 0.29) is 23.1 Å². The number of nitrogens with zero attached hydrogens (tertiary/aromatic N) is 3. The molecule has 0 aliphatic carbocycles. The molecule has 0 aliphatic heterocycles. The van der Waals surface area contributed by atoms with Gasteiger partial charge in [0.15, 0.2) is 0 Å². The van der Waals surface area contributed by atoms with Crippen molar-refractivity contribution >= 4 is 23.1 Å². The molecule has 0 aliphatic rings. The fourth-order valence-electron chi connectivity index (χ4n) is 1.49. The lowest BCUT2D eigenvalue weighted by atomic mass is 10.3. The van der Waals surface area contributed by atoms with Crippen LogP contribution in [0.3, 0.4) is 0 Å². The molecule has 8 heteroatoms. The summed E-state index contributed by atoms with van der Waals surface area (Å²) in [6, 6.07) is 4.35. The molecule has 0 radical (unpaired) electrons. The summed E-state index contributed by atoms with van der Waals surface area (Å²) >= 11 is 5.91. The van der Waals surface area contributed by atoms with E-state index in [0.717, 1.165) is 0 Å². The van der Waals surface area contributed by atoms with Crippen LogP contribution in [-0.2, 0) is 6.61 Å². The first kappa shape index (κ1) is 14.0. The summed E-state index contributed by atoms with van der Waals surface area (Å²) < 4.78 is 5.39. The highest BCUT2D eigenvalue weighted by molar-refractivity contribution is 6.32. The van der Waals surface area contributed by atoms with Crippen LogP contribution in [0.4, 0.5) is 11.5 Å². The zero-order chi connectivity index (χ0) is 14.5. The number of nitro benzene ring substituents is 1. The van der Waals surface area contributed by atoms with Crippen LogP contribution in [0, 0.1) is 10.1 Å². The van der Waals surface area contributed by atoms with Gasteiger partial charge in [-0.3, -0.25) is 15.1 Å². The van der Waals surface area contributed by atoms with Crippen molar-refractivity contribution in [3.05, 3.63) is 51.4 Å². The number of halogens is 1. The van der Waals surface area contributed by atoms with E-state index in [1.165, 1.54) is 24.4 Å². The van der Waals surface area contributed by atoms with Crippen LogP contribution >= 0.6 is 11.6 Å². The van der Waals surface area contributed by atoms with Gasteiger partial charge in [0.25, 0.3) is 0 Å². The van der Waals surface area contributed by atoms with E-state index in [4.69, 9.17) is 16.3 Å². The summed E-state index contributed by atoms with van der Waals surface area (Å²) in [6.07, 6.45) is 3.06. The fraction of sp³-hybridized carbons (Fsp3) is 0.167. The molecule has 7 nitrogen and oxygen atoms in total. The maximum atomic E-state index is 10.9. The quantitative estimate of drug-likeness (QED) is 0.673. The number of aromatic nitrogens is 2. The van der Waals surface area contributed by atoms with E-state index in [9.17, 15) is 10.1 Å². The molecule has 0 amide bonds. The van der Waals surface area contributed by atoms with Crippen molar-refractivity contribution in [1.29, 1.82) is 0 Å². The standard InChI is InChI=1S/C12H11ClN4O3/c1-14-11-6-15-8(5-16-11)7-20-12-9(13)3-2-4-10(12)17(18)19/h2-6H,7H2,1H3,(H,14,16). The van der Waals surface area contributed by atoms with E-state index < -0.39 is 4.92 Å². The number of rotatable bonds is 5. The summed E-state index contributed by atoms with van der Waals surface area (Å²) in [5.41, 5.74) is 0.357. The van der Waals surface area contributed by atoms with Gasteiger partial charge in [-0.15, -0.1) is 0 Å². The van der Waals surface area contributed by atoms with Crippen LogP contribution in [0.1, 0.15) is 5.69 Å². The Morgan fingerprint density at radius 1 is 1.40 bits per heavy atom. The van der Waals surface area contributed by atoms with E-state index in [0.29, 0.717) is 11.5 Å². The third-order valence-corrected chi connectivity index (χ3v) is 2.77. The minimum Gasteiger partial charge on any atom is -0.479 e. The number of para-hydroxylation sites is 1. The third kappa shape index (κ3) is 3.12. The van der Waals surface area contributed by atoms with Gasteiger partial charge in [0.05, 0.1) is 28.0 Å². The van der Waals surface area contributed by atoms with Gasteiger partial charge in [-0.25, -0.2) is 4.98 Å². The van der Waals surface area contributed by atoms with E-state index in [2.05, 4.69) is 15.3 Å². The van der Waals surface area contributed by atoms with Crippen molar-refractivity contribution < 1.29 is 9.66 Å². The van der Waals surface area contributed by atoms with Crippen molar-refractivity contribution in [2.45, 2.75) is 6.61 Å². The van der Waals surface area contributed by atoms with Crippen LogP contribution in [0.25, 0.3) is 0 Å². The second-order valence-electron chi connectivity index (χ2n) is 3.78. The highest BCUT2D eigenvalue weighted by Crippen LogP contribution is 2.34. The van der Waals surface area contributed by atoms with E-state index in [1.54, 1.807) is 13.2 Å². The molecule has 1 heterocycles. The summed E-state index contributed by atoms with van der Waals surface area (Å²) in [5, 5.41) is 13.9. The van der Waals surface area contributed by atoms with Gasteiger partial charge in [0, 0.05) is 13.1 Å². The lowest BCUT2D eigenvalue weighted by Gasteiger charge is -2.08. The highest BCUT2D eigenvalue weighted by Gasteiger charge is 2.18. The first-order chi connectivity index (χ1) is 9.61. The highest BCUT2D eigenvalue weighted by atomic mass is 35.5. The van der Waals surface area contributed by atoms with E-state index >= 15 is 0 Å². The zero-order valence-electron chi connectivity index (χ0n) is 10.5.